The summed E-state index contributed by atoms with van der Waals surface area (Å²) in [6.45, 7) is 4.48. The molecule has 4 rings (SSSR count). The minimum Gasteiger partial charge on any atom is -0.329 e. The highest BCUT2D eigenvalue weighted by Crippen LogP contribution is 2.51. The van der Waals surface area contributed by atoms with E-state index in [0.717, 1.165) is 13.1 Å². The maximum absolute atomic E-state index is 5.01. The molecule has 0 N–H and O–H groups in total. The Balaban J connectivity index is 1.90. The summed E-state index contributed by atoms with van der Waals surface area (Å²) in [5.41, 5.74) is 3.26. The second-order valence-electron chi connectivity index (χ2n) is 6.54. The van der Waals surface area contributed by atoms with E-state index < -0.39 is 0 Å². The molecule has 0 saturated heterocycles. The minimum atomic E-state index is 0.259. The zero-order valence-corrected chi connectivity index (χ0v) is 11.7. The standard InChI is InChI=1S/C17H22N2/c1-13-11-18-16-17(9-5-2-6-10-17)14-7-3-4-8-15(14)19(16)12-13/h3-4,7-8,13H,2,5-6,9-12H2,1H3. The predicted molar refractivity (Wildman–Crippen MR) is 80.0 cm³/mol. The molecule has 2 nitrogen and oxygen atoms in total. The van der Waals surface area contributed by atoms with Crippen molar-refractivity contribution in [1.29, 1.82) is 0 Å². The third kappa shape index (κ3) is 1.52. The van der Waals surface area contributed by atoms with Crippen LogP contribution in [-0.2, 0) is 5.41 Å². The zero-order chi connectivity index (χ0) is 12.9. The first kappa shape index (κ1) is 11.5. The Labute approximate surface area is 115 Å². The van der Waals surface area contributed by atoms with Crippen molar-refractivity contribution in [3.05, 3.63) is 29.8 Å². The minimum absolute atomic E-state index is 0.259. The molecule has 1 fully saturated rings. The molecular weight excluding hydrogens is 232 g/mol. The summed E-state index contributed by atoms with van der Waals surface area (Å²) in [5, 5.41) is 0. The second-order valence-corrected chi connectivity index (χ2v) is 6.54. The van der Waals surface area contributed by atoms with Crippen molar-refractivity contribution >= 4 is 11.5 Å². The Bertz CT molecular complexity index is 526. The number of rotatable bonds is 0. The number of nitrogens with zero attached hydrogens (tertiary/aromatic N) is 2. The van der Waals surface area contributed by atoms with Crippen molar-refractivity contribution in [3.8, 4) is 0 Å². The average Bonchev–Trinajstić information content (AvgIpc) is 2.71. The first-order valence-corrected chi connectivity index (χ1v) is 7.73. The van der Waals surface area contributed by atoms with Crippen LogP contribution in [0, 0.1) is 5.92 Å². The fourth-order valence-electron chi connectivity index (χ4n) is 4.29. The molecule has 2 aliphatic heterocycles. The highest BCUT2D eigenvalue weighted by Gasteiger charge is 2.49. The smallest absolute Gasteiger partial charge is 0.114 e. The molecule has 2 heterocycles. The summed E-state index contributed by atoms with van der Waals surface area (Å²) < 4.78 is 0. The number of hydrogen-bond donors (Lipinski definition) is 0. The fourth-order valence-corrected chi connectivity index (χ4v) is 4.29. The molecule has 0 bridgehead atoms. The number of amidine groups is 1. The Morgan fingerprint density at radius 1 is 1.16 bits per heavy atom. The van der Waals surface area contributed by atoms with E-state index in [0.29, 0.717) is 5.92 Å². The van der Waals surface area contributed by atoms with Crippen molar-refractivity contribution in [1.82, 2.24) is 0 Å². The lowest BCUT2D eigenvalue weighted by Gasteiger charge is -2.38. The third-order valence-corrected chi connectivity index (χ3v) is 5.15. The predicted octanol–water partition coefficient (Wildman–Crippen LogP) is 3.76. The van der Waals surface area contributed by atoms with E-state index in [2.05, 4.69) is 36.1 Å². The highest BCUT2D eigenvalue weighted by molar-refractivity contribution is 6.12. The van der Waals surface area contributed by atoms with Crippen LogP contribution in [-0.4, -0.2) is 18.9 Å². The van der Waals surface area contributed by atoms with Gasteiger partial charge in [0.15, 0.2) is 0 Å². The van der Waals surface area contributed by atoms with Gasteiger partial charge in [0.1, 0.15) is 5.84 Å². The van der Waals surface area contributed by atoms with Gasteiger partial charge in [-0.15, -0.1) is 0 Å². The molecule has 19 heavy (non-hydrogen) atoms. The van der Waals surface area contributed by atoms with Crippen LogP contribution in [0.15, 0.2) is 29.3 Å². The zero-order valence-electron chi connectivity index (χ0n) is 11.7. The first-order chi connectivity index (χ1) is 9.31. The second kappa shape index (κ2) is 4.09. The quantitative estimate of drug-likeness (QED) is 0.688. The van der Waals surface area contributed by atoms with Crippen molar-refractivity contribution in [3.63, 3.8) is 0 Å². The molecule has 0 radical (unpaired) electrons. The van der Waals surface area contributed by atoms with Crippen molar-refractivity contribution in [2.45, 2.75) is 44.4 Å². The number of benzene rings is 1. The SMILES string of the molecule is CC1CN=C2N(C1)c1ccccc1C21CCCCC1. The van der Waals surface area contributed by atoms with Crippen LogP contribution in [0.4, 0.5) is 5.69 Å². The molecule has 2 heteroatoms. The van der Waals surface area contributed by atoms with Gasteiger partial charge in [-0.2, -0.15) is 0 Å². The maximum Gasteiger partial charge on any atom is 0.114 e. The van der Waals surface area contributed by atoms with Crippen LogP contribution in [0.5, 0.6) is 0 Å². The number of aliphatic imine (C=N–C) groups is 1. The number of fused-ring (bicyclic) bond motifs is 5. The molecule has 0 aromatic heterocycles. The van der Waals surface area contributed by atoms with Crippen LogP contribution in [0.3, 0.4) is 0 Å². The molecule has 1 spiro atoms. The monoisotopic (exact) mass is 254 g/mol. The summed E-state index contributed by atoms with van der Waals surface area (Å²) in [7, 11) is 0. The van der Waals surface area contributed by atoms with Gasteiger partial charge in [-0.1, -0.05) is 44.4 Å². The Hall–Kier alpha value is -1.31. The van der Waals surface area contributed by atoms with Crippen molar-refractivity contribution < 1.29 is 0 Å². The van der Waals surface area contributed by atoms with Gasteiger partial charge in [0.25, 0.3) is 0 Å². The summed E-state index contributed by atoms with van der Waals surface area (Å²) in [6, 6.07) is 9.04. The first-order valence-electron chi connectivity index (χ1n) is 7.73. The van der Waals surface area contributed by atoms with Crippen LogP contribution < -0.4 is 4.90 Å². The molecule has 1 aromatic rings. The van der Waals surface area contributed by atoms with Crippen LogP contribution >= 0.6 is 0 Å². The average molecular weight is 254 g/mol. The third-order valence-electron chi connectivity index (χ3n) is 5.15. The van der Waals surface area contributed by atoms with Gasteiger partial charge in [0.05, 0.1) is 5.41 Å². The molecule has 3 aliphatic rings. The van der Waals surface area contributed by atoms with Gasteiger partial charge >= 0.3 is 0 Å². The molecule has 0 amide bonds. The van der Waals surface area contributed by atoms with Crippen molar-refractivity contribution in [2.24, 2.45) is 10.9 Å². The lowest BCUT2D eigenvalue weighted by Crippen LogP contribution is -2.46. The van der Waals surface area contributed by atoms with Gasteiger partial charge in [0, 0.05) is 18.8 Å². The molecule has 1 unspecified atom stereocenters. The number of hydrogen-bond acceptors (Lipinski definition) is 2. The highest BCUT2D eigenvalue weighted by atomic mass is 15.3. The topological polar surface area (TPSA) is 15.6 Å². The maximum atomic E-state index is 5.01. The Kier molecular flexibility index (Phi) is 2.48. The Morgan fingerprint density at radius 3 is 2.79 bits per heavy atom. The van der Waals surface area contributed by atoms with Gasteiger partial charge in [-0.05, 0) is 30.4 Å². The molecule has 1 aliphatic carbocycles. The van der Waals surface area contributed by atoms with E-state index in [1.165, 1.54) is 43.6 Å². The van der Waals surface area contributed by atoms with Gasteiger partial charge in [-0.3, -0.25) is 4.99 Å². The van der Waals surface area contributed by atoms with Crippen LogP contribution in [0.25, 0.3) is 0 Å². The van der Waals surface area contributed by atoms with E-state index >= 15 is 0 Å². The molecule has 1 saturated carbocycles. The van der Waals surface area contributed by atoms with E-state index in [1.807, 2.05) is 0 Å². The lowest BCUT2D eigenvalue weighted by molar-refractivity contribution is 0.380. The molecule has 100 valence electrons. The van der Waals surface area contributed by atoms with E-state index in [-0.39, 0.29) is 5.41 Å². The van der Waals surface area contributed by atoms with E-state index in [4.69, 9.17) is 4.99 Å². The molecular formula is C17H22N2. The summed E-state index contributed by atoms with van der Waals surface area (Å²) in [4.78, 5) is 7.53. The van der Waals surface area contributed by atoms with E-state index in [9.17, 15) is 0 Å². The summed E-state index contributed by atoms with van der Waals surface area (Å²) in [5.74, 6) is 2.07. The van der Waals surface area contributed by atoms with Crippen molar-refractivity contribution in [2.75, 3.05) is 18.0 Å². The largest absolute Gasteiger partial charge is 0.329 e. The molecule has 1 atom stereocenters. The van der Waals surface area contributed by atoms with Crippen LogP contribution in [0.2, 0.25) is 0 Å². The summed E-state index contributed by atoms with van der Waals surface area (Å²) in [6.07, 6.45) is 6.71. The normalized spacial score (nSPS) is 27.9. The number of para-hydroxylation sites is 1. The van der Waals surface area contributed by atoms with Gasteiger partial charge in [-0.25, -0.2) is 0 Å². The number of anilines is 1. The molecule has 1 aromatic carbocycles. The van der Waals surface area contributed by atoms with Crippen LogP contribution in [0.1, 0.15) is 44.6 Å². The van der Waals surface area contributed by atoms with Gasteiger partial charge in [0.2, 0.25) is 0 Å². The fraction of sp³-hybridized carbons (Fsp3) is 0.588. The lowest BCUT2D eigenvalue weighted by atomic mass is 9.70. The Morgan fingerprint density at radius 2 is 1.95 bits per heavy atom. The van der Waals surface area contributed by atoms with E-state index in [1.54, 1.807) is 5.56 Å². The van der Waals surface area contributed by atoms with Gasteiger partial charge < -0.3 is 4.90 Å². The summed E-state index contributed by atoms with van der Waals surface area (Å²) >= 11 is 0.